The second-order valence-corrected chi connectivity index (χ2v) is 22.1. The van der Waals surface area contributed by atoms with Gasteiger partial charge in [-0.2, -0.15) is 5.26 Å². The molecule has 0 aliphatic rings. The molecule has 8 nitrogen and oxygen atoms in total. The van der Waals surface area contributed by atoms with E-state index in [4.69, 9.17) is 0 Å². The molecule has 0 unspecified atom stereocenters. The number of aliphatic carboxylic acids is 1. The minimum absolute atomic E-state index is 0.325. The van der Waals surface area contributed by atoms with Gasteiger partial charge < -0.3 is 27.9 Å². The number of benzene rings is 12. The number of nitriles is 1. The van der Waals surface area contributed by atoms with Crippen molar-refractivity contribution in [2.75, 3.05) is 0 Å². The predicted molar refractivity (Wildman–Crippen MR) is 354 cm³/mol. The molecule has 0 saturated heterocycles. The minimum Gasteiger partial charge on any atom is -0.477 e. The van der Waals surface area contributed by atoms with Crippen molar-refractivity contribution in [1.82, 2.24) is 22.8 Å². The lowest BCUT2D eigenvalue weighted by molar-refractivity contribution is -0.132. The Kier molecular flexibility index (Phi) is 10.8. The van der Waals surface area contributed by atoms with Gasteiger partial charge in [0.2, 0.25) is 0 Å². The smallest absolute Gasteiger partial charge is 0.346 e. The molecule has 0 amide bonds. The van der Waals surface area contributed by atoms with Crippen LogP contribution < -0.4 is 0 Å². The first-order valence-corrected chi connectivity index (χ1v) is 28.8. The van der Waals surface area contributed by atoms with Crippen LogP contribution in [0, 0.1) is 11.3 Å². The predicted octanol–water partition coefficient (Wildman–Crippen LogP) is 19.4. The molecule has 5 aromatic heterocycles. The van der Waals surface area contributed by atoms with Crippen LogP contribution in [0.5, 0.6) is 0 Å². The number of allylic oxidation sites excluding steroid dienone is 2. The van der Waals surface area contributed by atoms with Crippen LogP contribution in [0.4, 0.5) is 0 Å². The van der Waals surface area contributed by atoms with Gasteiger partial charge in [-0.05, 0) is 150 Å². The molecule has 17 aromatic rings. The number of nitrogens with zero attached hydrogens (tertiary/aromatic N) is 6. The number of hydrogen-bond donors (Lipinski definition) is 1. The first-order chi connectivity index (χ1) is 42.5. The zero-order chi connectivity index (χ0) is 57.1. The number of rotatable bonds is 9. The van der Waals surface area contributed by atoms with Crippen molar-refractivity contribution in [3.8, 4) is 45.6 Å². The topological polar surface area (TPSA) is 85.7 Å². The molecule has 0 fully saturated rings. The first kappa shape index (κ1) is 48.8. The summed E-state index contributed by atoms with van der Waals surface area (Å²) in [6.07, 6.45) is 4.80. The van der Waals surface area contributed by atoms with Gasteiger partial charge in [0.1, 0.15) is 11.6 Å². The molecule has 0 spiro atoms. The number of para-hydroxylation sites is 6. The van der Waals surface area contributed by atoms with E-state index in [-0.39, 0.29) is 5.57 Å². The summed E-state index contributed by atoms with van der Waals surface area (Å²) in [7, 11) is 0. The fourth-order valence-electron chi connectivity index (χ4n) is 13.7. The highest BCUT2D eigenvalue weighted by atomic mass is 16.4. The Balaban J connectivity index is 0.778. The van der Waals surface area contributed by atoms with Crippen LogP contribution in [0.15, 0.2) is 285 Å². The summed E-state index contributed by atoms with van der Waals surface area (Å²) in [5, 5.41) is 30.7. The normalized spacial score (nSPS) is 12.3. The molecule has 0 aliphatic carbocycles. The van der Waals surface area contributed by atoms with Crippen LogP contribution in [-0.4, -0.2) is 33.9 Å². The number of carboxylic acids is 1. The van der Waals surface area contributed by atoms with Crippen LogP contribution in [0.1, 0.15) is 5.56 Å². The van der Waals surface area contributed by atoms with Crippen LogP contribution in [0.2, 0.25) is 0 Å². The monoisotopic (exact) mass is 1100 g/mol. The summed E-state index contributed by atoms with van der Waals surface area (Å²) < 4.78 is 11.9. The van der Waals surface area contributed by atoms with E-state index in [1.54, 1.807) is 12.1 Å². The van der Waals surface area contributed by atoms with Crippen molar-refractivity contribution in [1.29, 1.82) is 5.26 Å². The van der Waals surface area contributed by atoms with Gasteiger partial charge in [0.05, 0.1) is 55.2 Å². The maximum Gasteiger partial charge on any atom is 0.346 e. The third kappa shape index (κ3) is 7.38. The Morgan fingerprint density at radius 1 is 0.314 bits per heavy atom. The number of carbonyl (C=O) groups is 1. The minimum atomic E-state index is -1.26. The molecule has 402 valence electrons. The average Bonchev–Trinajstić information content (AvgIpc) is 1.77. The van der Waals surface area contributed by atoms with Gasteiger partial charge in [-0.25, -0.2) is 4.79 Å². The number of carboxylic acid groups (broad SMARTS) is 1. The van der Waals surface area contributed by atoms with Crippen LogP contribution in [-0.2, 0) is 4.79 Å². The highest BCUT2D eigenvalue weighted by Crippen LogP contribution is 2.42. The summed E-state index contributed by atoms with van der Waals surface area (Å²) in [4.78, 5) is 11.6. The van der Waals surface area contributed by atoms with E-state index in [2.05, 4.69) is 284 Å². The summed E-state index contributed by atoms with van der Waals surface area (Å²) in [6, 6.07) is 98.4. The second-order valence-electron chi connectivity index (χ2n) is 22.1. The molecule has 1 N–H and O–H groups in total. The standard InChI is InChI=1S/C78H48N6O2/c79-48-52(78(85)86)15-13-14-49-28-40-74-64(44-49)65-45-55(82-68-22-7-1-16-58(68)59-17-2-8-23-69(59)82)37-41-75(65)80(74)53-33-29-50(30-34-53)51-31-35-54(36-32-51)81-76-42-38-56(83-70-24-9-3-18-60(70)61-19-4-10-25-71(61)83)46-66(76)67-47-57(39-43-77(67)81)84-72-26-11-5-20-62(72)63-21-6-12-27-73(63)84/h1-47H,(H,85,86). The summed E-state index contributed by atoms with van der Waals surface area (Å²) >= 11 is 0. The van der Waals surface area contributed by atoms with Crippen molar-refractivity contribution in [3.63, 3.8) is 0 Å². The SMILES string of the molecule is N#CC(=CC=Cc1ccc2c(c1)c1cc(-n3c4ccccc4c4ccccc43)ccc1n2-c1ccc(-c2ccc(-n3c4ccc(-n5c6ccccc6c6ccccc65)cc4c4cc(-n5c6ccccc6c6ccccc65)ccc43)cc2)cc1)C(=O)O. The second kappa shape index (κ2) is 19.1. The Hall–Kier alpha value is -11.9. The Morgan fingerprint density at radius 3 is 0.895 bits per heavy atom. The molecule has 86 heavy (non-hydrogen) atoms. The quantitative estimate of drug-likeness (QED) is 0.0888. The largest absolute Gasteiger partial charge is 0.477 e. The molecule has 5 heterocycles. The molecule has 0 atom stereocenters. The molecule has 0 radical (unpaired) electrons. The Bertz CT molecular complexity index is 5480. The molecular weight excluding hydrogens is 1050 g/mol. The van der Waals surface area contributed by atoms with Gasteiger partial charge in [0.25, 0.3) is 0 Å². The van der Waals surface area contributed by atoms with Gasteiger partial charge in [-0.15, -0.1) is 0 Å². The van der Waals surface area contributed by atoms with E-state index in [1.807, 2.05) is 12.1 Å². The van der Waals surface area contributed by atoms with E-state index in [9.17, 15) is 15.2 Å². The van der Waals surface area contributed by atoms with Crippen molar-refractivity contribution in [2.24, 2.45) is 0 Å². The fourth-order valence-corrected chi connectivity index (χ4v) is 13.7. The van der Waals surface area contributed by atoms with Gasteiger partial charge in [-0.3, -0.25) is 0 Å². The van der Waals surface area contributed by atoms with Crippen molar-refractivity contribution in [2.45, 2.75) is 0 Å². The summed E-state index contributed by atoms with van der Waals surface area (Å²) in [5.41, 5.74) is 19.4. The molecule has 12 aromatic carbocycles. The van der Waals surface area contributed by atoms with Crippen molar-refractivity contribution in [3.05, 3.63) is 290 Å². The van der Waals surface area contributed by atoms with Crippen LogP contribution in [0.25, 0.3) is 155 Å². The first-order valence-electron chi connectivity index (χ1n) is 28.8. The van der Waals surface area contributed by atoms with E-state index in [0.717, 1.165) is 89.0 Å². The fraction of sp³-hybridized carbons (Fsp3) is 0. The Labute approximate surface area is 492 Å². The molecule has 8 heteroatoms. The van der Waals surface area contributed by atoms with E-state index >= 15 is 0 Å². The molecule has 0 saturated carbocycles. The summed E-state index contributed by atoms with van der Waals surface area (Å²) in [6.45, 7) is 0. The molecule has 0 bridgehead atoms. The van der Waals surface area contributed by atoms with Gasteiger partial charge >= 0.3 is 5.97 Å². The van der Waals surface area contributed by atoms with Crippen LogP contribution in [0.3, 0.4) is 0 Å². The third-order valence-corrected chi connectivity index (χ3v) is 17.5. The average molecular weight is 1100 g/mol. The van der Waals surface area contributed by atoms with Gasteiger partial charge in [0.15, 0.2) is 0 Å². The lowest BCUT2D eigenvalue weighted by atomic mass is 10.0. The van der Waals surface area contributed by atoms with E-state index in [1.165, 1.54) is 71.2 Å². The molecule has 17 rings (SSSR count). The highest BCUT2D eigenvalue weighted by molar-refractivity contribution is 6.16. The van der Waals surface area contributed by atoms with Crippen LogP contribution >= 0.6 is 0 Å². The third-order valence-electron chi connectivity index (χ3n) is 17.5. The zero-order valence-electron chi connectivity index (χ0n) is 46.2. The molecular formula is C78H48N6O2. The van der Waals surface area contributed by atoms with Gasteiger partial charge in [0, 0.05) is 82.3 Å². The lowest BCUT2D eigenvalue weighted by Gasteiger charge is -2.12. The number of aromatic nitrogens is 5. The number of fused-ring (bicyclic) bond motifs is 15. The highest BCUT2D eigenvalue weighted by Gasteiger charge is 2.21. The Morgan fingerprint density at radius 2 is 0.581 bits per heavy atom. The van der Waals surface area contributed by atoms with Crippen molar-refractivity contribution >= 4 is 121 Å². The maximum atomic E-state index is 11.6. The molecule has 0 aliphatic heterocycles. The van der Waals surface area contributed by atoms with Crippen molar-refractivity contribution < 1.29 is 9.90 Å². The summed E-state index contributed by atoms with van der Waals surface area (Å²) in [5.74, 6) is -1.26. The van der Waals surface area contributed by atoms with E-state index < -0.39 is 5.97 Å². The maximum absolute atomic E-state index is 11.6. The zero-order valence-corrected chi connectivity index (χ0v) is 46.2. The lowest BCUT2D eigenvalue weighted by Crippen LogP contribution is -1.97. The number of hydrogen-bond acceptors (Lipinski definition) is 2. The van der Waals surface area contributed by atoms with E-state index in [0.29, 0.717) is 0 Å². The van der Waals surface area contributed by atoms with Gasteiger partial charge in [-0.1, -0.05) is 152 Å².